The standard InChI is InChI=1S/C20H18BrN3O3S/c21-16-11-5-7-13-18(16)24(20(22)25)17-12-6-4-10-15(17)19(28(23,26)27)14-8-2-1-3-9-14/h1-13,19H,(H2,22,25)(H2,23,26,27). The maximum absolute atomic E-state index is 12.5. The van der Waals surface area contributed by atoms with Crippen molar-refractivity contribution in [2.75, 3.05) is 4.90 Å². The molecule has 8 heteroatoms. The van der Waals surface area contributed by atoms with Crippen LogP contribution in [-0.4, -0.2) is 14.4 Å². The molecular weight excluding hydrogens is 442 g/mol. The van der Waals surface area contributed by atoms with Gasteiger partial charge in [-0.1, -0.05) is 60.7 Å². The topological polar surface area (TPSA) is 106 Å². The lowest BCUT2D eigenvalue weighted by Gasteiger charge is -2.27. The van der Waals surface area contributed by atoms with Crippen LogP contribution in [-0.2, 0) is 10.0 Å². The minimum Gasteiger partial charge on any atom is -0.351 e. The summed E-state index contributed by atoms with van der Waals surface area (Å²) in [5.41, 5.74) is 7.35. The molecule has 0 aliphatic heterocycles. The quantitative estimate of drug-likeness (QED) is 0.600. The normalized spacial score (nSPS) is 12.4. The molecule has 3 aromatic rings. The van der Waals surface area contributed by atoms with Crippen molar-refractivity contribution in [1.82, 2.24) is 0 Å². The molecule has 0 aliphatic carbocycles. The third kappa shape index (κ3) is 4.09. The second-order valence-corrected chi connectivity index (χ2v) is 8.57. The number of amides is 2. The molecule has 1 atom stereocenters. The number of hydrogen-bond acceptors (Lipinski definition) is 3. The van der Waals surface area contributed by atoms with Gasteiger partial charge in [0.05, 0.1) is 11.4 Å². The van der Waals surface area contributed by atoms with Gasteiger partial charge < -0.3 is 5.73 Å². The first kappa shape index (κ1) is 20.1. The largest absolute Gasteiger partial charge is 0.351 e. The summed E-state index contributed by atoms with van der Waals surface area (Å²) in [5, 5.41) is 4.43. The van der Waals surface area contributed by atoms with E-state index in [4.69, 9.17) is 10.9 Å². The number of anilines is 2. The smallest absolute Gasteiger partial charge is 0.323 e. The fourth-order valence-electron chi connectivity index (χ4n) is 3.09. The Hall–Kier alpha value is -2.68. The van der Waals surface area contributed by atoms with E-state index in [9.17, 15) is 13.2 Å². The van der Waals surface area contributed by atoms with Crippen LogP contribution in [0.15, 0.2) is 83.3 Å². The zero-order valence-electron chi connectivity index (χ0n) is 14.7. The van der Waals surface area contributed by atoms with Crippen LogP contribution in [0, 0.1) is 0 Å². The number of rotatable bonds is 5. The highest BCUT2D eigenvalue weighted by molar-refractivity contribution is 9.10. The first-order valence-electron chi connectivity index (χ1n) is 8.30. The number of benzene rings is 3. The van der Waals surface area contributed by atoms with Crippen molar-refractivity contribution in [2.45, 2.75) is 5.25 Å². The summed E-state index contributed by atoms with van der Waals surface area (Å²) in [6.07, 6.45) is 0. The highest BCUT2D eigenvalue weighted by Gasteiger charge is 2.31. The van der Waals surface area contributed by atoms with Gasteiger partial charge in [0.25, 0.3) is 0 Å². The average Bonchev–Trinajstić information content (AvgIpc) is 2.64. The summed E-state index contributed by atoms with van der Waals surface area (Å²) in [6.45, 7) is 0. The van der Waals surface area contributed by atoms with Gasteiger partial charge in [0.1, 0.15) is 5.25 Å². The maximum atomic E-state index is 12.5. The SMILES string of the molecule is NC(=O)N(c1ccccc1Br)c1ccccc1C(c1ccccc1)S(N)(=O)=O. The lowest BCUT2D eigenvalue weighted by molar-refractivity contribution is 0.256. The lowest BCUT2D eigenvalue weighted by atomic mass is 10.0. The van der Waals surface area contributed by atoms with Gasteiger partial charge in [-0.25, -0.2) is 18.4 Å². The van der Waals surface area contributed by atoms with Crippen LogP contribution in [0.1, 0.15) is 16.4 Å². The van der Waals surface area contributed by atoms with Gasteiger partial charge in [-0.15, -0.1) is 0 Å². The maximum Gasteiger partial charge on any atom is 0.323 e. The van der Waals surface area contributed by atoms with E-state index in [1.54, 1.807) is 78.9 Å². The van der Waals surface area contributed by atoms with Crippen molar-refractivity contribution in [2.24, 2.45) is 10.9 Å². The van der Waals surface area contributed by atoms with Gasteiger partial charge in [0, 0.05) is 10.0 Å². The van der Waals surface area contributed by atoms with E-state index in [0.717, 1.165) is 0 Å². The number of nitrogens with zero attached hydrogens (tertiary/aromatic N) is 1. The number of para-hydroxylation sites is 2. The Bertz CT molecular complexity index is 1100. The van der Waals surface area contributed by atoms with Crippen LogP contribution in [0.2, 0.25) is 0 Å². The number of urea groups is 1. The van der Waals surface area contributed by atoms with E-state index >= 15 is 0 Å². The van der Waals surface area contributed by atoms with Crippen LogP contribution >= 0.6 is 15.9 Å². The van der Waals surface area contributed by atoms with E-state index in [-0.39, 0.29) is 0 Å². The highest BCUT2D eigenvalue weighted by Crippen LogP contribution is 2.39. The molecule has 0 radical (unpaired) electrons. The van der Waals surface area contributed by atoms with Crippen LogP contribution in [0.5, 0.6) is 0 Å². The van der Waals surface area contributed by atoms with Crippen molar-refractivity contribution < 1.29 is 13.2 Å². The molecule has 3 aromatic carbocycles. The molecule has 0 aliphatic rings. The van der Waals surface area contributed by atoms with Gasteiger partial charge in [0.15, 0.2) is 0 Å². The summed E-state index contributed by atoms with van der Waals surface area (Å²) in [6, 6.07) is 21.6. The van der Waals surface area contributed by atoms with E-state index in [2.05, 4.69) is 15.9 Å². The number of carbonyl (C=O) groups excluding carboxylic acids is 1. The van der Waals surface area contributed by atoms with Gasteiger partial charge >= 0.3 is 6.03 Å². The van der Waals surface area contributed by atoms with Crippen LogP contribution in [0.25, 0.3) is 0 Å². The fraction of sp³-hybridized carbons (Fsp3) is 0.0500. The predicted octanol–water partition coefficient (Wildman–Crippen LogP) is 4.04. The van der Waals surface area contributed by atoms with Gasteiger partial charge in [-0.05, 0) is 39.7 Å². The molecule has 144 valence electrons. The molecule has 0 saturated heterocycles. The van der Waals surface area contributed by atoms with Gasteiger partial charge in [-0.3, -0.25) is 4.90 Å². The van der Waals surface area contributed by atoms with Crippen molar-refractivity contribution in [3.63, 3.8) is 0 Å². The number of sulfonamides is 1. The van der Waals surface area contributed by atoms with Crippen molar-refractivity contribution in [3.05, 3.63) is 94.5 Å². The Morgan fingerprint density at radius 2 is 1.39 bits per heavy atom. The Balaban J connectivity index is 2.27. The summed E-state index contributed by atoms with van der Waals surface area (Å²) in [7, 11) is -4.04. The Kier molecular flexibility index (Phi) is 5.83. The Labute approximate surface area is 172 Å². The molecule has 0 fully saturated rings. The number of carbonyl (C=O) groups is 1. The lowest BCUT2D eigenvalue weighted by Crippen LogP contribution is -2.33. The summed E-state index contributed by atoms with van der Waals surface area (Å²) in [5.74, 6) is 0. The van der Waals surface area contributed by atoms with Crippen LogP contribution in [0.3, 0.4) is 0 Å². The molecule has 6 nitrogen and oxygen atoms in total. The van der Waals surface area contributed by atoms with Crippen LogP contribution < -0.4 is 15.8 Å². The van der Waals surface area contributed by atoms with E-state index in [1.165, 1.54) is 4.90 Å². The molecule has 28 heavy (non-hydrogen) atoms. The number of nitrogens with two attached hydrogens (primary N) is 2. The number of hydrogen-bond donors (Lipinski definition) is 2. The third-order valence-electron chi connectivity index (χ3n) is 4.20. The first-order chi connectivity index (χ1) is 13.3. The molecule has 0 aromatic heterocycles. The molecule has 0 spiro atoms. The minimum absolute atomic E-state index is 0.338. The zero-order chi connectivity index (χ0) is 20.3. The summed E-state index contributed by atoms with van der Waals surface area (Å²) in [4.78, 5) is 13.6. The first-order valence-corrected chi connectivity index (χ1v) is 10.7. The van der Waals surface area contributed by atoms with E-state index < -0.39 is 21.3 Å². The molecule has 1 unspecified atom stereocenters. The van der Waals surface area contributed by atoms with E-state index in [1.807, 2.05) is 0 Å². The zero-order valence-corrected chi connectivity index (χ0v) is 17.1. The fourth-order valence-corrected chi connectivity index (χ4v) is 4.64. The summed E-state index contributed by atoms with van der Waals surface area (Å²) >= 11 is 3.42. The Morgan fingerprint density at radius 1 is 0.857 bits per heavy atom. The molecule has 0 bridgehead atoms. The summed E-state index contributed by atoms with van der Waals surface area (Å²) < 4.78 is 25.7. The number of halogens is 1. The highest BCUT2D eigenvalue weighted by atomic mass is 79.9. The second kappa shape index (κ2) is 8.14. The molecule has 0 saturated carbocycles. The van der Waals surface area contributed by atoms with Gasteiger partial charge in [-0.2, -0.15) is 0 Å². The Morgan fingerprint density at radius 3 is 1.96 bits per heavy atom. The van der Waals surface area contributed by atoms with Crippen molar-refractivity contribution in [3.8, 4) is 0 Å². The van der Waals surface area contributed by atoms with Gasteiger partial charge in [0.2, 0.25) is 10.0 Å². The third-order valence-corrected chi connectivity index (χ3v) is 6.06. The monoisotopic (exact) mass is 459 g/mol. The minimum atomic E-state index is -4.04. The second-order valence-electron chi connectivity index (χ2n) is 6.06. The molecule has 0 heterocycles. The molecule has 3 rings (SSSR count). The predicted molar refractivity (Wildman–Crippen MR) is 114 cm³/mol. The van der Waals surface area contributed by atoms with Crippen molar-refractivity contribution in [1.29, 1.82) is 0 Å². The number of primary amides is 1. The van der Waals surface area contributed by atoms with E-state index in [0.29, 0.717) is 27.0 Å². The average molecular weight is 460 g/mol. The molecule has 2 amide bonds. The number of primary sulfonamides is 1. The molecular formula is C20H18BrN3O3S. The molecule has 4 N–H and O–H groups in total. The van der Waals surface area contributed by atoms with Crippen LogP contribution in [0.4, 0.5) is 16.2 Å². The van der Waals surface area contributed by atoms with Crippen molar-refractivity contribution >= 4 is 43.4 Å².